The van der Waals surface area contributed by atoms with Gasteiger partial charge in [0.2, 0.25) is 5.96 Å². The van der Waals surface area contributed by atoms with Crippen LogP contribution in [0.3, 0.4) is 0 Å². The van der Waals surface area contributed by atoms with Gasteiger partial charge in [-0.2, -0.15) is 5.26 Å². The number of nitrogens with zero attached hydrogens (tertiary/aromatic N) is 2. The molecule has 0 bridgehead atoms. The molecule has 2 N–H and O–H groups in total. The first-order valence-corrected chi connectivity index (χ1v) is 5.74. The molecule has 0 aromatic heterocycles. The average Bonchev–Trinajstić information content (AvgIpc) is 2.41. The first-order valence-electron chi connectivity index (χ1n) is 5.36. The predicted octanol–water partition coefficient (Wildman–Crippen LogP) is 1.34. The van der Waals surface area contributed by atoms with Crippen molar-refractivity contribution in [2.45, 2.75) is 0 Å². The molecule has 0 fully saturated rings. The van der Waals surface area contributed by atoms with E-state index in [9.17, 15) is 0 Å². The van der Waals surface area contributed by atoms with Crippen LogP contribution in [-0.4, -0.2) is 19.6 Å². The fourth-order valence-corrected chi connectivity index (χ4v) is 1.31. The van der Waals surface area contributed by atoms with Crippen molar-refractivity contribution in [2.75, 3.05) is 13.6 Å². The largest absolute Gasteiger partial charge is 0.345 e. The van der Waals surface area contributed by atoms with Crippen molar-refractivity contribution in [3.8, 4) is 29.9 Å². The molecule has 19 heavy (non-hydrogen) atoms. The van der Waals surface area contributed by atoms with Gasteiger partial charge < -0.3 is 5.32 Å². The summed E-state index contributed by atoms with van der Waals surface area (Å²) in [6.07, 6.45) is 1.77. The molecule has 0 unspecified atom stereocenters. The van der Waals surface area contributed by atoms with Crippen LogP contribution < -0.4 is 10.6 Å². The maximum absolute atomic E-state index is 8.41. The van der Waals surface area contributed by atoms with Crippen molar-refractivity contribution in [3.63, 3.8) is 0 Å². The minimum Gasteiger partial charge on any atom is -0.345 e. The lowest BCUT2D eigenvalue weighted by atomic mass is 10.2. The van der Waals surface area contributed by atoms with E-state index in [0.29, 0.717) is 17.5 Å². The highest BCUT2D eigenvalue weighted by Gasteiger charge is 1.90. The second-order valence-electron chi connectivity index (χ2n) is 3.22. The van der Waals surface area contributed by atoms with E-state index in [-0.39, 0.29) is 0 Å². The van der Waals surface area contributed by atoms with Gasteiger partial charge in [-0.05, 0) is 30.0 Å². The molecule has 1 aromatic rings. The molecule has 94 valence electrons. The molecular formula is C14H11ClN4. The van der Waals surface area contributed by atoms with Crippen molar-refractivity contribution < 1.29 is 0 Å². The predicted molar refractivity (Wildman–Crippen MR) is 76.2 cm³/mol. The number of halogens is 1. The van der Waals surface area contributed by atoms with Gasteiger partial charge in [0.15, 0.2) is 6.19 Å². The van der Waals surface area contributed by atoms with Crippen molar-refractivity contribution >= 4 is 17.6 Å². The molecule has 0 saturated heterocycles. The molecular weight excluding hydrogens is 260 g/mol. The molecule has 0 amide bonds. The summed E-state index contributed by atoms with van der Waals surface area (Å²) in [5, 5.41) is 14.3. The topological polar surface area (TPSA) is 60.2 Å². The van der Waals surface area contributed by atoms with Gasteiger partial charge in [0.25, 0.3) is 0 Å². The number of nitriles is 1. The van der Waals surface area contributed by atoms with Crippen molar-refractivity contribution in [2.24, 2.45) is 4.99 Å². The molecule has 0 saturated carbocycles. The first kappa shape index (κ1) is 14.5. The Labute approximate surface area is 117 Å². The summed E-state index contributed by atoms with van der Waals surface area (Å²) in [4.78, 5) is 3.81. The highest BCUT2D eigenvalue weighted by molar-refractivity contribution is 6.30. The standard InChI is InChI=1S/C14H11ClN4/c1-17-14(19-11-16)18-9-4-2-3-6-12-7-5-8-13(15)10-12/h5,7-8,10H,9H2,1H3,(H2,17,18,19). The Hall–Kier alpha value is -2.61. The number of rotatable bonds is 1. The fraction of sp³-hybridized carbons (Fsp3) is 0.143. The number of benzene rings is 1. The average molecular weight is 271 g/mol. The first-order chi connectivity index (χ1) is 9.26. The van der Waals surface area contributed by atoms with Gasteiger partial charge in [-0.3, -0.25) is 10.3 Å². The summed E-state index contributed by atoms with van der Waals surface area (Å²) in [7, 11) is 1.57. The number of hydrogen-bond acceptors (Lipinski definition) is 2. The third-order valence-corrected chi connectivity index (χ3v) is 2.16. The van der Waals surface area contributed by atoms with E-state index in [0.717, 1.165) is 5.56 Å². The van der Waals surface area contributed by atoms with Crippen molar-refractivity contribution in [1.29, 1.82) is 5.26 Å². The van der Waals surface area contributed by atoms with Crippen LogP contribution >= 0.6 is 11.6 Å². The summed E-state index contributed by atoms with van der Waals surface area (Å²) in [5.41, 5.74) is 0.816. The van der Waals surface area contributed by atoms with Crippen LogP contribution in [0.4, 0.5) is 0 Å². The van der Waals surface area contributed by atoms with Crippen LogP contribution in [0.25, 0.3) is 0 Å². The number of hydrogen-bond donors (Lipinski definition) is 2. The molecule has 4 nitrogen and oxygen atoms in total. The normalized spacial score (nSPS) is 9.21. The number of guanidine groups is 1. The van der Waals surface area contributed by atoms with Gasteiger partial charge in [0.05, 0.1) is 6.54 Å². The van der Waals surface area contributed by atoms with E-state index in [1.807, 2.05) is 12.1 Å². The van der Waals surface area contributed by atoms with Crippen LogP contribution in [0.15, 0.2) is 29.3 Å². The van der Waals surface area contributed by atoms with Gasteiger partial charge in [-0.25, -0.2) is 0 Å². The molecule has 1 rings (SSSR count). The van der Waals surface area contributed by atoms with Crippen molar-refractivity contribution in [3.05, 3.63) is 34.9 Å². The Morgan fingerprint density at radius 1 is 1.42 bits per heavy atom. The number of nitrogens with one attached hydrogen (secondary N) is 2. The zero-order chi connectivity index (χ0) is 13.9. The molecule has 0 radical (unpaired) electrons. The van der Waals surface area contributed by atoms with Gasteiger partial charge >= 0.3 is 0 Å². The molecule has 5 heteroatoms. The Bertz CT molecular complexity index is 621. The van der Waals surface area contributed by atoms with Crippen LogP contribution in [0, 0.1) is 35.1 Å². The van der Waals surface area contributed by atoms with Crippen LogP contribution in [0.5, 0.6) is 0 Å². The lowest BCUT2D eigenvalue weighted by Crippen LogP contribution is -2.34. The van der Waals surface area contributed by atoms with Gasteiger partial charge in [-0.15, -0.1) is 0 Å². The second kappa shape index (κ2) is 8.48. The molecule has 0 atom stereocenters. The number of aliphatic imine (C=N–C) groups is 1. The van der Waals surface area contributed by atoms with Gasteiger partial charge in [0, 0.05) is 17.6 Å². The zero-order valence-electron chi connectivity index (χ0n) is 10.3. The zero-order valence-corrected chi connectivity index (χ0v) is 11.0. The quantitative estimate of drug-likeness (QED) is 0.266. The minimum atomic E-state index is 0.353. The van der Waals surface area contributed by atoms with Gasteiger partial charge in [0.1, 0.15) is 0 Å². The van der Waals surface area contributed by atoms with Crippen molar-refractivity contribution in [1.82, 2.24) is 10.6 Å². The van der Waals surface area contributed by atoms with Crippen LogP contribution in [-0.2, 0) is 0 Å². The second-order valence-corrected chi connectivity index (χ2v) is 3.66. The fourth-order valence-electron chi connectivity index (χ4n) is 1.12. The molecule has 0 aliphatic heterocycles. The summed E-state index contributed by atoms with van der Waals surface area (Å²) in [6.45, 7) is 0.353. The SMILES string of the molecule is CN=C(NC#N)NCC#CC#Cc1cccc(Cl)c1. The summed E-state index contributed by atoms with van der Waals surface area (Å²) < 4.78 is 0. The molecule has 0 spiro atoms. The van der Waals surface area contributed by atoms with Crippen LogP contribution in [0.1, 0.15) is 5.56 Å². The lowest BCUT2D eigenvalue weighted by Gasteiger charge is -2.00. The highest BCUT2D eigenvalue weighted by Crippen LogP contribution is 2.08. The maximum Gasteiger partial charge on any atom is 0.205 e. The lowest BCUT2D eigenvalue weighted by molar-refractivity contribution is 0.993. The molecule has 0 aliphatic rings. The monoisotopic (exact) mass is 270 g/mol. The van der Waals surface area contributed by atoms with Crippen LogP contribution in [0.2, 0.25) is 5.02 Å². The van der Waals surface area contributed by atoms with E-state index < -0.39 is 0 Å². The molecule has 0 aliphatic carbocycles. The smallest absolute Gasteiger partial charge is 0.205 e. The van der Waals surface area contributed by atoms with E-state index >= 15 is 0 Å². The molecule has 0 heterocycles. The van der Waals surface area contributed by atoms with E-state index in [2.05, 4.69) is 39.3 Å². The highest BCUT2D eigenvalue weighted by atomic mass is 35.5. The third kappa shape index (κ3) is 6.03. The molecule has 1 aromatic carbocycles. The summed E-state index contributed by atoms with van der Waals surface area (Å²) in [6, 6.07) is 7.25. The Kier molecular flexibility index (Phi) is 6.45. The van der Waals surface area contributed by atoms with E-state index in [4.69, 9.17) is 16.9 Å². The Morgan fingerprint density at radius 3 is 2.95 bits per heavy atom. The maximum atomic E-state index is 8.41. The third-order valence-electron chi connectivity index (χ3n) is 1.92. The van der Waals surface area contributed by atoms with E-state index in [1.165, 1.54) is 0 Å². The Balaban J connectivity index is 2.47. The summed E-state index contributed by atoms with van der Waals surface area (Å²) in [5.74, 6) is 11.5. The Morgan fingerprint density at radius 2 is 2.26 bits per heavy atom. The minimum absolute atomic E-state index is 0.353. The van der Waals surface area contributed by atoms with E-state index in [1.54, 1.807) is 25.4 Å². The summed E-state index contributed by atoms with van der Waals surface area (Å²) >= 11 is 5.83. The van der Waals surface area contributed by atoms with Gasteiger partial charge in [-0.1, -0.05) is 29.5 Å².